The van der Waals surface area contributed by atoms with Crippen molar-refractivity contribution in [3.63, 3.8) is 0 Å². The van der Waals surface area contributed by atoms with E-state index in [9.17, 15) is 8.42 Å². The van der Waals surface area contributed by atoms with E-state index in [4.69, 9.17) is 0 Å². The average Bonchev–Trinajstić information content (AvgIpc) is 2.85. The summed E-state index contributed by atoms with van der Waals surface area (Å²) >= 11 is 1.25. The van der Waals surface area contributed by atoms with Crippen LogP contribution in [0.25, 0.3) is 0 Å². The molecule has 1 heterocycles. The van der Waals surface area contributed by atoms with E-state index in [0.29, 0.717) is 5.13 Å². The van der Waals surface area contributed by atoms with Gasteiger partial charge in [-0.2, -0.15) is 0 Å². The summed E-state index contributed by atoms with van der Waals surface area (Å²) in [6, 6.07) is 6.82. The number of hydrogen-bond acceptors (Lipinski definition) is 5. The lowest BCUT2D eigenvalue weighted by atomic mass is 10.2. The van der Waals surface area contributed by atoms with Crippen LogP contribution in [0.2, 0.25) is 0 Å². The van der Waals surface area contributed by atoms with Crippen molar-refractivity contribution >= 4 is 26.5 Å². The van der Waals surface area contributed by atoms with Gasteiger partial charge in [0.25, 0.3) is 10.0 Å². The Labute approximate surface area is 116 Å². The summed E-state index contributed by atoms with van der Waals surface area (Å²) < 4.78 is 26.7. The van der Waals surface area contributed by atoms with Crippen molar-refractivity contribution < 1.29 is 8.42 Å². The Balaban J connectivity index is 2.21. The summed E-state index contributed by atoms with van der Waals surface area (Å²) in [6.07, 6.45) is 1.62. The number of anilines is 1. The highest BCUT2D eigenvalue weighted by atomic mass is 32.2. The molecule has 0 amide bonds. The summed E-state index contributed by atoms with van der Waals surface area (Å²) in [5.41, 5.74) is 1.10. The first-order valence-electron chi connectivity index (χ1n) is 5.99. The summed E-state index contributed by atoms with van der Waals surface area (Å²) in [4.78, 5) is 0.234. The molecule has 0 saturated heterocycles. The highest BCUT2D eigenvalue weighted by Crippen LogP contribution is 2.20. The Bertz CT molecular complexity index is 648. The number of nitrogens with zero attached hydrogens (tertiary/aromatic N) is 2. The van der Waals surface area contributed by atoms with Crippen molar-refractivity contribution in [2.24, 2.45) is 0 Å². The molecule has 0 unspecified atom stereocenters. The van der Waals surface area contributed by atoms with Crippen LogP contribution in [0.1, 0.15) is 24.4 Å². The number of aryl methyl sites for hydroxylation is 2. The van der Waals surface area contributed by atoms with E-state index in [0.717, 1.165) is 23.4 Å². The molecule has 0 fully saturated rings. The van der Waals surface area contributed by atoms with Crippen LogP contribution >= 0.6 is 11.3 Å². The topological polar surface area (TPSA) is 72.0 Å². The largest absolute Gasteiger partial charge is 0.263 e. The second kappa shape index (κ2) is 5.66. The van der Waals surface area contributed by atoms with Crippen LogP contribution in [-0.2, 0) is 22.9 Å². The zero-order chi connectivity index (χ0) is 13.9. The fourth-order valence-electron chi connectivity index (χ4n) is 1.52. The van der Waals surface area contributed by atoms with Crippen LogP contribution in [-0.4, -0.2) is 18.6 Å². The number of rotatable bonds is 5. The molecule has 5 nitrogen and oxygen atoms in total. The summed E-state index contributed by atoms with van der Waals surface area (Å²) in [6.45, 7) is 3.97. The van der Waals surface area contributed by atoms with E-state index >= 15 is 0 Å². The van der Waals surface area contributed by atoms with Gasteiger partial charge in [-0.3, -0.25) is 4.72 Å². The van der Waals surface area contributed by atoms with Crippen molar-refractivity contribution in [1.82, 2.24) is 10.2 Å². The van der Waals surface area contributed by atoms with Crippen molar-refractivity contribution in [3.8, 4) is 0 Å². The predicted molar refractivity (Wildman–Crippen MR) is 75.9 cm³/mol. The number of hydrogen-bond donors (Lipinski definition) is 1. The van der Waals surface area contributed by atoms with Gasteiger partial charge in [0.2, 0.25) is 5.13 Å². The zero-order valence-corrected chi connectivity index (χ0v) is 12.4. The summed E-state index contributed by atoms with van der Waals surface area (Å²) in [5, 5.41) is 8.80. The molecule has 0 radical (unpaired) electrons. The third kappa shape index (κ3) is 3.30. The highest BCUT2D eigenvalue weighted by Gasteiger charge is 2.16. The number of sulfonamides is 1. The maximum atomic E-state index is 12.1. The molecule has 1 aromatic heterocycles. The number of aromatic nitrogens is 2. The van der Waals surface area contributed by atoms with Gasteiger partial charge in [0, 0.05) is 0 Å². The standard InChI is InChI=1S/C12H15N3O2S2/c1-3-9-5-7-10(8-6-9)19(16,17)15-12-14-13-11(4-2)18-12/h5-8H,3-4H2,1-2H3,(H,14,15). The van der Waals surface area contributed by atoms with E-state index in [1.165, 1.54) is 11.3 Å². The van der Waals surface area contributed by atoms with E-state index in [1.807, 2.05) is 26.0 Å². The molecule has 0 spiro atoms. The molecule has 0 saturated carbocycles. The minimum absolute atomic E-state index is 0.234. The first-order chi connectivity index (χ1) is 9.05. The van der Waals surface area contributed by atoms with Crippen molar-refractivity contribution in [2.75, 3.05) is 4.72 Å². The molecule has 0 aliphatic rings. The van der Waals surface area contributed by atoms with Gasteiger partial charge in [-0.05, 0) is 30.5 Å². The Kier molecular flexibility index (Phi) is 4.16. The molecule has 1 N–H and O–H groups in total. The van der Waals surface area contributed by atoms with Gasteiger partial charge in [0.15, 0.2) is 0 Å². The smallest absolute Gasteiger partial charge is 0.253 e. The van der Waals surface area contributed by atoms with Gasteiger partial charge in [-0.25, -0.2) is 8.42 Å². The Morgan fingerprint density at radius 2 is 1.79 bits per heavy atom. The van der Waals surface area contributed by atoms with Crippen LogP contribution in [0.4, 0.5) is 5.13 Å². The minimum Gasteiger partial charge on any atom is -0.253 e. The van der Waals surface area contributed by atoms with E-state index in [1.54, 1.807) is 12.1 Å². The molecule has 2 aromatic rings. The summed E-state index contributed by atoms with van der Waals surface area (Å²) in [7, 11) is -3.58. The van der Waals surface area contributed by atoms with E-state index in [2.05, 4.69) is 14.9 Å². The fourth-order valence-corrected chi connectivity index (χ4v) is 3.43. The first kappa shape index (κ1) is 14.0. The monoisotopic (exact) mass is 297 g/mol. The quantitative estimate of drug-likeness (QED) is 0.920. The second-order valence-electron chi connectivity index (χ2n) is 3.96. The van der Waals surface area contributed by atoms with Gasteiger partial charge < -0.3 is 0 Å². The third-order valence-electron chi connectivity index (χ3n) is 2.63. The van der Waals surface area contributed by atoms with Gasteiger partial charge in [0.05, 0.1) is 4.90 Å². The Morgan fingerprint density at radius 1 is 1.11 bits per heavy atom. The maximum absolute atomic E-state index is 12.1. The molecule has 7 heteroatoms. The second-order valence-corrected chi connectivity index (χ2v) is 6.70. The lowest BCUT2D eigenvalue weighted by Gasteiger charge is -2.05. The fraction of sp³-hybridized carbons (Fsp3) is 0.333. The predicted octanol–water partition coefficient (Wildman–Crippen LogP) is 2.46. The van der Waals surface area contributed by atoms with Gasteiger partial charge in [-0.1, -0.05) is 37.3 Å². The third-order valence-corrected chi connectivity index (χ3v) is 5.10. The van der Waals surface area contributed by atoms with Crippen molar-refractivity contribution in [3.05, 3.63) is 34.8 Å². The van der Waals surface area contributed by atoms with Crippen molar-refractivity contribution in [1.29, 1.82) is 0 Å². The molecule has 0 atom stereocenters. The van der Waals surface area contributed by atoms with Crippen molar-refractivity contribution in [2.45, 2.75) is 31.6 Å². The van der Waals surface area contributed by atoms with E-state index in [-0.39, 0.29) is 4.90 Å². The molecular weight excluding hydrogens is 282 g/mol. The number of benzene rings is 1. The molecule has 0 bridgehead atoms. The normalized spacial score (nSPS) is 11.5. The molecule has 102 valence electrons. The lowest BCUT2D eigenvalue weighted by molar-refractivity contribution is 0.601. The molecule has 19 heavy (non-hydrogen) atoms. The SMILES string of the molecule is CCc1ccc(S(=O)(=O)Nc2nnc(CC)s2)cc1. The van der Waals surface area contributed by atoms with Gasteiger partial charge in [0.1, 0.15) is 5.01 Å². The van der Waals surface area contributed by atoms with Crippen LogP contribution in [0.3, 0.4) is 0 Å². The molecule has 2 rings (SSSR count). The molecule has 1 aromatic carbocycles. The maximum Gasteiger partial charge on any atom is 0.263 e. The Hall–Kier alpha value is -1.47. The zero-order valence-electron chi connectivity index (χ0n) is 10.8. The average molecular weight is 297 g/mol. The molecule has 0 aliphatic heterocycles. The van der Waals surface area contributed by atoms with Crippen LogP contribution in [0.5, 0.6) is 0 Å². The number of nitrogens with one attached hydrogen (secondary N) is 1. The van der Waals surface area contributed by atoms with Crippen LogP contribution in [0, 0.1) is 0 Å². The summed E-state index contributed by atoms with van der Waals surface area (Å²) in [5.74, 6) is 0. The van der Waals surface area contributed by atoms with Crippen LogP contribution in [0.15, 0.2) is 29.2 Å². The molecule has 0 aliphatic carbocycles. The minimum atomic E-state index is -3.58. The van der Waals surface area contributed by atoms with E-state index < -0.39 is 10.0 Å². The van der Waals surface area contributed by atoms with Crippen LogP contribution < -0.4 is 4.72 Å². The lowest BCUT2D eigenvalue weighted by Crippen LogP contribution is -2.12. The highest BCUT2D eigenvalue weighted by molar-refractivity contribution is 7.93. The first-order valence-corrected chi connectivity index (χ1v) is 8.29. The molecular formula is C12H15N3O2S2. The van der Waals surface area contributed by atoms with Gasteiger partial charge in [-0.15, -0.1) is 10.2 Å². The van der Waals surface area contributed by atoms with Gasteiger partial charge >= 0.3 is 0 Å². The Morgan fingerprint density at radius 3 is 2.32 bits per heavy atom.